The molecule has 26 heavy (non-hydrogen) atoms. The van der Waals surface area contributed by atoms with Gasteiger partial charge in [-0.3, -0.25) is 19.3 Å². The molecule has 8 heteroatoms. The number of carboxylic acid groups (broad SMARTS) is 1. The third-order valence-corrected chi connectivity index (χ3v) is 4.98. The normalized spacial score (nSPS) is 21.9. The number of carboxylic acids is 1. The molecule has 0 radical (unpaired) electrons. The number of methoxy groups -OCH3 is 1. The Labute approximate surface area is 150 Å². The molecule has 1 N–H and O–H groups in total. The number of esters is 1. The fourth-order valence-corrected chi connectivity index (χ4v) is 3.56. The van der Waals surface area contributed by atoms with Crippen LogP contribution in [-0.2, 0) is 19.1 Å². The van der Waals surface area contributed by atoms with Crippen molar-refractivity contribution in [3.05, 3.63) is 29.8 Å². The number of ether oxygens (including phenoxy) is 1. The average molecular weight is 360 g/mol. The largest absolute Gasteiger partial charge is 0.478 e. The number of hydrogen-bond acceptors (Lipinski definition) is 6. The Bertz CT molecular complexity index is 754. The molecular weight excluding hydrogens is 340 g/mol. The zero-order valence-corrected chi connectivity index (χ0v) is 14.4. The number of piperidine rings is 1. The maximum atomic E-state index is 12.8. The van der Waals surface area contributed by atoms with Crippen LogP contribution >= 0.6 is 0 Å². The van der Waals surface area contributed by atoms with Gasteiger partial charge >= 0.3 is 11.9 Å². The van der Waals surface area contributed by atoms with E-state index in [4.69, 9.17) is 9.84 Å². The van der Waals surface area contributed by atoms with E-state index < -0.39 is 12.0 Å². The molecule has 2 aliphatic rings. The van der Waals surface area contributed by atoms with Gasteiger partial charge in [0.05, 0.1) is 36.7 Å². The SMILES string of the molecule is COC(=O)C1CCN([C@H]2CC(=O)N(c3cccc(C(=O)O)c3)C2=O)CC1. The van der Waals surface area contributed by atoms with Crippen LogP contribution in [0.1, 0.15) is 29.6 Å². The van der Waals surface area contributed by atoms with Gasteiger partial charge in [0.15, 0.2) is 0 Å². The van der Waals surface area contributed by atoms with Gasteiger partial charge in [-0.1, -0.05) is 6.07 Å². The van der Waals surface area contributed by atoms with Crippen LogP contribution in [0.5, 0.6) is 0 Å². The Morgan fingerprint density at radius 2 is 1.88 bits per heavy atom. The van der Waals surface area contributed by atoms with Crippen molar-refractivity contribution in [3.8, 4) is 0 Å². The first kappa shape index (κ1) is 18.1. The van der Waals surface area contributed by atoms with E-state index in [-0.39, 0.29) is 41.4 Å². The molecule has 1 aromatic carbocycles. The average Bonchev–Trinajstić information content (AvgIpc) is 2.95. The maximum Gasteiger partial charge on any atom is 0.335 e. The van der Waals surface area contributed by atoms with Crippen LogP contribution in [0.15, 0.2) is 24.3 Å². The number of amides is 2. The highest BCUT2D eigenvalue weighted by molar-refractivity contribution is 6.22. The number of rotatable bonds is 4. The zero-order chi connectivity index (χ0) is 18.8. The van der Waals surface area contributed by atoms with E-state index in [0.717, 1.165) is 4.90 Å². The van der Waals surface area contributed by atoms with Crippen molar-refractivity contribution in [2.45, 2.75) is 25.3 Å². The summed E-state index contributed by atoms with van der Waals surface area (Å²) >= 11 is 0. The molecule has 8 nitrogen and oxygen atoms in total. The predicted molar refractivity (Wildman–Crippen MR) is 90.6 cm³/mol. The van der Waals surface area contributed by atoms with E-state index >= 15 is 0 Å². The second-order valence-corrected chi connectivity index (χ2v) is 6.48. The third kappa shape index (κ3) is 3.32. The summed E-state index contributed by atoms with van der Waals surface area (Å²) in [6, 6.07) is 5.22. The summed E-state index contributed by atoms with van der Waals surface area (Å²) in [6.07, 6.45) is 1.22. The van der Waals surface area contributed by atoms with Crippen molar-refractivity contribution in [1.29, 1.82) is 0 Å². The molecule has 1 aromatic rings. The molecule has 3 rings (SSSR count). The molecule has 0 bridgehead atoms. The monoisotopic (exact) mass is 360 g/mol. The van der Waals surface area contributed by atoms with Crippen LogP contribution in [0.25, 0.3) is 0 Å². The lowest BCUT2D eigenvalue weighted by molar-refractivity contribution is -0.147. The minimum absolute atomic E-state index is 0.0189. The van der Waals surface area contributed by atoms with Gasteiger partial charge in [0.25, 0.3) is 5.91 Å². The van der Waals surface area contributed by atoms with E-state index in [1.54, 1.807) is 6.07 Å². The van der Waals surface area contributed by atoms with Crippen LogP contribution in [-0.4, -0.2) is 60.0 Å². The third-order valence-electron chi connectivity index (χ3n) is 4.98. The molecule has 0 aromatic heterocycles. The quantitative estimate of drug-likeness (QED) is 0.628. The van der Waals surface area contributed by atoms with E-state index in [1.165, 1.54) is 25.3 Å². The molecule has 2 amide bonds. The minimum Gasteiger partial charge on any atom is -0.478 e. The molecule has 2 saturated heterocycles. The van der Waals surface area contributed by atoms with Crippen molar-refractivity contribution in [2.24, 2.45) is 5.92 Å². The molecule has 0 unspecified atom stereocenters. The lowest BCUT2D eigenvalue weighted by atomic mass is 9.95. The van der Waals surface area contributed by atoms with E-state index in [9.17, 15) is 19.2 Å². The zero-order valence-electron chi connectivity index (χ0n) is 14.4. The molecule has 2 heterocycles. The summed E-state index contributed by atoms with van der Waals surface area (Å²) < 4.78 is 4.76. The van der Waals surface area contributed by atoms with Crippen molar-refractivity contribution in [2.75, 3.05) is 25.1 Å². The summed E-state index contributed by atoms with van der Waals surface area (Å²) in [7, 11) is 1.36. The molecule has 0 saturated carbocycles. The number of nitrogens with zero attached hydrogens (tertiary/aromatic N) is 2. The highest BCUT2D eigenvalue weighted by Crippen LogP contribution is 2.29. The summed E-state index contributed by atoms with van der Waals surface area (Å²) in [5.74, 6) is -2.24. The van der Waals surface area contributed by atoms with Gasteiger partial charge in [-0.05, 0) is 44.1 Å². The molecule has 2 aliphatic heterocycles. The Balaban J connectivity index is 1.73. The van der Waals surface area contributed by atoms with Crippen LogP contribution in [0.4, 0.5) is 5.69 Å². The van der Waals surface area contributed by atoms with E-state index in [0.29, 0.717) is 25.9 Å². The van der Waals surface area contributed by atoms with E-state index in [1.807, 2.05) is 4.90 Å². The molecular formula is C18H20N2O6. The van der Waals surface area contributed by atoms with Crippen LogP contribution in [0.2, 0.25) is 0 Å². The molecule has 0 spiro atoms. The van der Waals surface area contributed by atoms with Crippen molar-refractivity contribution in [3.63, 3.8) is 0 Å². The number of carbonyl (C=O) groups is 4. The Morgan fingerprint density at radius 1 is 1.19 bits per heavy atom. The molecule has 2 fully saturated rings. The van der Waals surface area contributed by atoms with Crippen molar-refractivity contribution >= 4 is 29.4 Å². The fourth-order valence-electron chi connectivity index (χ4n) is 3.56. The van der Waals surface area contributed by atoms with Gasteiger partial charge in [-0.25, -0.2) is 9.69 Å². The first-order chi connectivity index (χ1) is 12.4. The van der Waals surface area contributed by atoms with E-state index in [2.05, 4.69) is 0 Å². The van der Waals surface area contributed by atoms with Gasteiger partial charge < -0.3 is 9.84 Å². The first-order valence-corrected chi connectivity index (χ1v) is 8.44. The predicted octanol–water partition coefficient (Wildman–Crippen LogP) is 0.902. The Morgan fingerprint density at radius 3 is 2.50 bits per heavy atom. The van der Waals surface area contributed by atoms with Crippen molar-refractivity contribution in [1.82, 2.24) is 4.90 Å². The van der Waals surface area contributed by atoms with Gasteiger partial charge in [0.2, 0.25) is 5.91 Å². The number of carbonyl (C=O) groups excluding carboxylic acids is 3. The summed E-state index contributed by atoms with van der Waals surface area (Å²) in [6.45, 7) is 1.07. The number of anilines is 1. The Hall–Kier alpha value is -2.74. The number of imide groups is 1. The molecule has 1 atom stereocenters. The summed E-state index contributed by atoms with van der Waals surface area (Å²) in [4.78, 5) is 50.9. The second-order valence-electron chi connectivity index (χ2n) is 6.48. The standard InChI is InChI=1S/C18H20N2O6/c1-26-18(25)11-5-7-19(8-6-11)14-10-15(21)20(16(14)22)13-4-2-3-12(9-13)17(23)24/h2-4,9,11,14H,5-8,10H2,1H3,(H,23,24)/t14-/m0/s1. The van der Waals surface area contributed by atoms with Gasteiger partial charge in [-0.2, -0.15) is 0 Å². The van der Waals surface area contributed by atoms with Crippen LogP contribution < -0.4 is 4.90 Å². The highest BCUT2D eigenvalue weighted by atomic mass is 16.5. The van der Waals surface area contributed by atoms with Gasteiger partial charge in [0, 0.05) is 0 Å². The highest BCUT2D eigenvalue weighted by Gasteiger charge is 2.44. The number of hydrogen-bond donors (Lipinski definition) is 1. The van der Waals surface area contributed by atoms with Gasteiger partial charge in [0.1, 0.15) is 0 Å². The number of likely N-dealkylation sites (tertiary alicyclic amines) is 1. The molecule has 0 aliphatic carbocycles. The van der Waals surface area contributed by atoms with Crippen LogP contribution in [0.3, 0.4) is 0 Å². The summed E-state index contributed by atoms with van der Waals surface area (Å²) in [5.41, 5.74) is 0.289. The number of benzene rings is 1. The smallest absolute Gasteiger partial charge is 0.335 e. The van der Waals surface area contributed by atoms with Crippen molar-refractivity contribution < 1.29 is 29.0 Å². The molecule has 138 valence electrons. The number of aromatic carboxylic acids is 1. The second kappa shape index (κ2) is 7.25. The summed E-state index contributed by atoms with van der Waals surface area (Å²) in [5, 5.41) is 9.10. The lowest BCUT2D eigenvalue weighted by Crippen LogP contribution is -2.47. The maximum absolute atomic E-state index is 12.8. The lowest BCUT2D eigenvalue weighted by Gasteiger charge is -2.33. The first-order valence-electron chi connectivity index (χ1n) is 8.44. The van der Waals surface area contributed by atoms with Gasteiger partial charge in [-0.15, -0.1) is 0 Å². The van der Waals surface area contributed by atoms with Crippen LogP contribution in [0, 0.1) is 5.92 Å². The topological polar surface area (TPSA) is 104 Å². The minimum atomic E-state index is -1.12. The fraction of sp³-hybridized carbons (Fsp3) is 0.444. The Kier molecular flexibility index (Phi) is 5.03.